The molecule has 0 fully saturated rings. The number of allylic oxidation sites excluding steroid dienone is 6. The van der Waals surface area contributed by atoms with Crippen molar-refractivity contribution in [3.05, 3.63) is 47.1 Å². The number of hydrogen-bond donors (Lipinski definition) is 0. The zero-order chi connectivity index (χ0) is 23.5. The lowest BCUT2D eigenvalue weighted by Gasteiger charge is -2.33. The van der Waals surface area contributed by atoms with Crippen LogP contribution in [0.2, 0.25) is 0 Å². The van der Waals surface area contributed by atoms with E-state index in [0.29, 0.717) is 19.8 Å². The van der Waals surface area contributed by atoms with E-state index in [2.05, 4.69) is 72.8 Å². The third kappa shape index (κ3) is 11.0. The van der Waals surface area contributed by atoms with Gasteiger partial charge in [0.25, 0.3) is 0 Å². The van der Waals surface area contributed by atoms with Crippen LogP contribution in [-0.4, -0.2) is 25.8 Å². The minimum absolute atomic E-state index is 0.0825. The van der Waals surface area contributed by atoms with Crippen LogP contribution in [0.3, 0.4) is 0 Å². The number of rotatable bonds is 11. The van der Waals surface area contributed by atoms with Crippen LogP contribution in [0.5, 0.6) is 0 Å². The lowest BCUT2D eigenvalue weighted by atomic mass is 9.72. The van der Waals surface area contributed by atoms with Gasteiger partial charge in [0.2, 0.25) is 0 Å². The number of carbonyl (C=O) groups is 1. The van der Waals surface area contributed by atoms with Gasteiger partial charge < -0.3 is 9.47 Å². The SMILES string of the molecule is C/C=C\C=C(/COCCOC(=O)C(CC(C)(C)C)C(C)(C)C)C1=CC=C(CCC)CC1. The fourth-order valence-electron chi connectivity index (χ4n) is 3.78. The van der Waals surface area contributed by atoms with E-state index in [1.807, 2.05) is 13.0 Å². The molecule has 0 bridgehead atoms. The standard InChI is InChI=1S/C28H46O3/c1-9-11-13-24(23-16-14-22(12-10-2)15-17-23)21-30-18-19-31-26(29)25(28(6,7)8)20-27(3,4)5/h9,11,13-14,16,25H,10,12,15,17-21H2,1-8H3/b11-9-,24-13+. The van der Waals surface area contributed by atoms with Crippen LogP contribution < -0.4 is 0 Å². The molecule has 0 saturated carbocycles. The molecule has 0 aliphatic heterocycles. The van der Waals surface area contributed by atoms with Gasteiger partial charge in [-0.3, -0.25) is 4.79 Å². The Morgan fingerprint density at radius 2 is 1.81 bits per heavy atom. The molecule has 0 radical (unpaired) electrons. The van der Waals surface area contributed by atoms with Gasteiger partial charge in [0.05, 0.1) is 19.1 Å². The van der Waals surface area contributed by atoms with Gasteiger partial charge in [-0.2, -0.15) is 0 Å². The molecule has 3 heteroatoms. The maximum absolute atomic E-state index is 12.7. The van der Waals surface area contributed by atoms with E-state index >= 15 is 0 Å². The summed E-state index contributed by atoms with van der Waals surface area (Å²) >= 11 is 0. The van der Waals surface area contributed by atoms with Gasteiger partial charge in [0, 0.05) is 0 Å². The molecule has 1 aliphatic rings. The molecule has 31 heavy (non-hydrogen) atoms. The Bertz CT molecular complexity index is 678. The molecule has 1 aliphatic carbocycles. The first-order valence-electron chi connectivity index (χ1n) is 11.9. The molecule has 0 heterocycles. The Morgan fingerprint density at radius 3 is 2.32 bits per heavy atom. The molecule has 0 aromatic rings. The lowest BCUT2D eigenvalue weighted by Crippen LogP contribution is -2.34. The molecule has 0 saturated heterocycles. The number of ether oxygens (including phenoxy) is 2. The van der Waals surface area contributed by atoms with Crippen molar-refractivity contribution < 1.29 is 14.3 Å². The molecule has 0 aromatic carbocycles. The summed E-state index contributed by atoms with van der Waals surface area (Å²) in [4.78, 5) is 12.7. The highest BCUT2D eigenvalue weighted by Crippen LogP contribution is 2.36. The maximum Gasteiger partial charge on any atom is 0.309 e. The fraction of sp³-hybridized carbons (Fsp3) is 0.679. The predicted molar refractivity (Wildman–Crippen MR) is 132 cm³/mol. The Balaban J connectivity index is 2.59. The number of hydrogen-bond acceptors (Lipinski definition) is 3. The van der Waals surface area contributed by atoms with E-state index in [-0.39, 0.29) is 22.7 Å². The van der Waals surface area contributed by atoms with Crippen LogP contribution in [0.1, 0.15) is 87.5 Å². The van der Waals surface area contributed by atoms with Crippen molar-refractivity contribution in [3.8, 4) is 0 Å². The smallest absolute Gasteiger partial charge is 0.309 e. The molecule has 1 unspecified atom stereocenters. The van der Waals surface area contributed by atoms with Crippen molar-refractivity contribution in [2.75, 3.05) is 19.8 Å². The van der Waals surface area contributed by atoms with Crippen molar-refractivity contribution in [2.45, 2.75) is 87.5 Å². The molecule has 0 aromatic heterocycles. The fourth-order valence-corrected chi connectivity index (χ4v) is 3.78. The monoisotopic (exact) mass is 430 g/mol. The Labute approximate surface area is 191 Å². The highest BCUT2D eigenvalue weighted by Gasteiger charge is 2.35. The maximum atomic E-state index is 12.7. The summed E-state index contributed by atoms with van der Waals surface area (Å²) in [5.41, 5.74) is 4.04. The van der Waals surface area contributed by atoms with Crippen molar-refractivity contribution >= 4 is 5.97 Å². The van der Waals surface area contributed by atoms with Gasteiger partial charge in [-0.25, -0.2) is 0 Å². The summed E-state index contributed by atoms with van der Waals surface area (Å²) < 4.78 is 11.5. The average molecular weight is 431 g/mol. The average Bonchev–Trinajstić information content (AvgIpc) is 2.67. The minimum atomic E-state index is -0.120. The van der Waals surface area contributed by atoms with Crippen molar-refractivity contribution in [1.29, 1.82) is 0 Å². The second-order valence-electron chi connectivity index (χ2n) is 10.9. The molecule has 1 rings (SSSR count). The van der Waals surface area contributed by atoms with E-state index in [9.17, 15) is 4.79 Å². The third-order valence-corrected chi connectivity index (χ3v) is 5.59. The zero-order valence-electron chi connectivity index (χ0n) is 21.3. The van der Waals surface area contributed by atoms with Crippen LogP contribution in [0.25, 0.3) is 0 Å². The van der Waals surface area contributed by atoms with Gasteiger partial charge in [-0.05, 0) is 54.6 Å². The van der Waals surface area contributed by atoms with E-state index < -0.39 is 0 Å². The van der Waals surface area contributed by atoms with Crippen molar-refractivity contribution in [2.24, 2.45) is 16.7 Å². The van der Waals surface area contributed by atoms with E-state index in [4.69, 9.17) is 9.47 Å². The van der Waals surface area contributed by atoms with Crippen molar-refractivity contribution in [3.63, 3.8) is 0 Å². The quantitative estimate of drug-likeness (QED) is 0.192. The van der Waals surface area contributed by atoms with Gasteiger partial charge in [0.1, 0.15) is 6.61 Å². The molecule has 176 valence electrons. The summed E-state index contributed by atoms with van der Waals surface area (Å²) in [5.74, 6) is -0.228. The second kappa shape index (κ2) is 13.1. The lowest BCUT2D eigenvalue weighted by molar-refractivity contribution is -0.155. The highest BCUT2D eigenvalue weighted by atomic mass is 16.6. The first-order chi connectivity index (χ1) is 14.5. The van der Waals surface area contributed by atoms with Gasteiger partial charge in [-0.15, -0.1) is 0 Å². The normalized spacial score (nSPS) is 16.8. The Morgan fingerprint density at radius 1 is 1.10 bits per heavy atom. The molecule has 0 spiro atoms. The molecule has 3 nitrogen and oxygen atoms in total. The Hall–Kier alpha value is -1.61. The summed E-state index contributed by atoms with van der Waals surface area (Å²) in [7, 11) is 0. The topological polar surface area (TPSA) is 35.5 Å². The number of esters is 1. The second-order valence-corrected chi connectivity index (χ2v) is 10.9. The van der Waals surface area contributed by atoms with Crippen LogP contribution in [0.4, 0.5) is 0 Å². The van der Waals surface area contributed by atoms with Crippen LogP contribution >= 0.6 is 0 Å². The Kier molecular flexibility index (Phi) is 11.5. The van der Waals surface area contributed by atoms with Gasteiger partial charge >= 0.3 is 5.97 Å². The van der Waals surface area contributed by atoms with Crippen LogP contribution in [0.15, 0.2) is 47.1 Å². The van der Waals surface area contributed by atoms with E-state index in [1.54, 1.807) is 0 Å². The predicted octanol–water partition coefficient (Wildman–Crippen LogP) is 7.59. The highest BCUT2D eigenvalue weighted by molar-refractivity contribution is 5.73. The van der Waals surface area contributed by atoms with Crippen LogP contribution in [0, 0.1) is 16.7 Å². The zero-order valence-corrected chi connectivity index (χ0v) is 21.3. The molecular weight excluding hydrogens is 384 g/mol. The van der Waals surface area contributed by atoms with Gasteiger partial charge in [-0.1, -0.05) is 90.8 Å². The minimum Gasteiger partial charge on any atom is -0.463 e. The summed E-state index contributed by atoms with van der Waals surface area (Å²) in [6.07, 6.45) is 16.1. The molecular formula is C28H46O3. The summed E-state index contributed by atoms with van der Waals surface area (Å²) in [5, 5.41) is 0. The third-order valence-electron chi connectivity index (χ3n) is 5.59. The van der Waals surface area contributed by atoms with Crippen molar-refractivity contribution in [1.82, 2.24) is 0 Å². The van der Waals surface area contributed by atoms with E-state index in [0.717, 1.165) is 19.3 Å². The summed E-state index contributed by atoms with van der Waals surface area (Å²) in [6.45, 7) is 18.3. The first kappa shape index (κ1) is 27.4. The first-order valence-corrected chi connectivity index (χ1v) is 11.9. The van der Waals surface area contributed by atoms with E-state index in [1.165, 1.54) is 29.6 Å². The molecule has 0 amide bonds. The van der Waals surface area contributed by atoms with Gasteiger partial charge in [0.15, 0.2) is 0 Å². The number of carbonyl (C=O) groups excluding carboxylic acids is 1. The molecule has 0 N–H and O–H groups in total. The van der Waals surface area contributed by atoms with Crippen LogP contribution in [-0.2, 0) is 14.3 Å². The largest absolute Gasteiger partial charge is 0.463 e. The molecule has 1 atom stereocenters. The summed E-state index contributed by atoms with van der Waals surface area (Å²) in [6, 6.07) is 0.